The maximum absolute atomic E-state index is 13.1. The second kappa shape index (κ2) is 7.51. The quantitative estimate of drug-likeness (QED) is 0.440. The van der Waals surface area contributed by atoms with E-state index in [0.29, 0.717) is 34.7 Å². The lowest BCUT2D eigenvalue weighted by molar-refractivity contribution is -0.385. The number of aromatic nitrogens is 2. The first-order valence-corrected chi connectivity index (χ1v) is 8.31. The van der Waals surface area contributed by atoms with Crippen LogP contribution in [-0.4, -0.2) is 27.6 Å². The van der Waals surface area contributed by atoms with E-state index in [0.717, 1.165) is 11.1 Å². The van der Waals surface area contributed by atoms with Gasteiger partial charge >= 0.3 is 0 Å². The number of nitro groups is 1. The van der Waals surface area contributed by atoms with Gasteiger partial charge in [-0.05, 0) is 51.8 Å². The van der Waals surface area contributed by atoms with E-state index < -0.39 is 4.92 Å². The molecular formula is C19H23N3O4. The fourth-order valence-electron chi connectivity index (χ4n) is 2.93. The summed E-state index contributed by atoms with van der Waals surface area (Å²) < 4.78 is 6.92. The van der Waals surface area contributed by atoms with Crippen molar-refractivity contribution in [2.24, 2.45) is 0 Å². The molecule has 138 valence electrons. The van der Waals surface area contributed by atoms with Crippen molar-refractivity contribution >= 4 is 17.0 Å². The molecule has 1 aromatic heterocycles. The summed E-state index contributed by atoms with van der Waals surface area (Å²) in [7, 11) is 1.49. The molecule has 1 heterocycles. The van der Waals surface area contributed by atoms with Gasteiger partial charge in [-0.25, -0.2) is 4.68 Å². The first-order chi connectivity index (χ1) is 12.2. The average Bonchev–Trinajstić information content (AvgIpc) is 3.02. The van der Waals surface area contributed by atoms with E-state index in [-0.39, 0.29) is 11.5 Å². The number of hydrogen-bond acceptors (Lipinski definition) is 5. The molecule has 2 aromatic rings. The minimum absolute atomic E-state index is 0.00558. The molecule has 0 saturated carbocycles. The molecule has 0 atom stereocenters. The Balaban J connectivity index is 2.70. The van der Waals surface area contributed by atoms with Crippen LogP contribution < -0.4 is 4.74 Å². The van der Waals surface area contributed by atoms with E-state index in [2.05, 4.69) is 5.10 Å². The van der Waals surface area contributed by atoms with Crippen molar-refractivity contribution in [2.45, 2.75) is 41.2 Å². The van der Waals surface area contributed by atoms with Crippen molar-refractivity contribution in [1.29, 1.82) is 0 Å². The fraction of sp³-hybridized carbons (Fsp3) is 0.368. The molecule has 0 aliphatic carbocycles. The van der Waals surface area contributed by atoms with Gasteiger partial charge in [-0.3, -0.25) is 14.9 Å². The van der Waals surface area contributed by atoms with Gasteiger partial charge in [0, 0.05) is 18.2 Å². The van der Waals surface area contributed by atoms with Gasteiger partial charge in [-0.15, -0.1) is 0 Å². The summed E-state index contributed by atoms with van der Waals surface area (Å²) >= 11 is 0. The van der Waals surface area contributed by atoms with E-state index in [9.17, 15) is 14.9 Å². The Morgan fingerprint density at radius 2 is 1.92 bits per heavy atom. The summed E-state index contributed by atoms with van der Waals surface area (Å²) in [5, 5.41) is 15.6. The smallest absolute Gasteiger partial charge is 0.277 e. The van der Waals surface area contributed by atoms with Crippen LogP contribution >= 0.6 is 0 Å². The number of hydrogen-bond donors (Lipinski definition) is 0. The van der Waals surface area contributed by atoms with Crippen LogP contribution in [0.25, 0.3) is 5.57 Å². The molecule has 0 saturated heterocycles. The molecule has 2 rings (SSSR count). The van der Waals surface area contributed by atoms with Crippen LogP contribution in [-0.2, 0) is 6.54 Å². The summed E-state index contributed by atoms with van der Waals surface area (Å²) in [6, 6.07) is 2.89. The van der Waals surface area contributed by atoms with E-state index in [4.69, 9.17) is 4.74 Å². The third kappa shape index (κ3) is 3.24. The van der Waals surface area contributed by atoms with Crippen molar-refractivity contribution in [3.63, 3.8) is 0 Å². The van der Waals surface area contributed by atoms with Gasteiger partial charge in [-0.1, -0.05) is 5.57 Å². The number of allylic oxidation sites excluding steroid dienone is 2. The van der Waals surface area contributed by atoms with Crippen LogP contribution in [0.1, 0.15) is 54.7 Å². The van der Waals surface area contributed by atoms with E-state index in [1.165, 1.54) is 25.4 Å². The normalized spacial score (nSPS) is 10.5. The van der Waals surface area contributed by atoms with Crippen molar-refractivity contribution in [3.8, 4) is 5.88 Å². The molecule has 7 nitrogen and oxygen atoms in total. The van der Waals surface area contributed by atoms with Gasteiger partial charge in [-0.2, -0.15) is 5.10 Å². The van der Waals surface area contributed by atoms with Crippen molar-refractivity contribution in [3.05, 3.63) is 56.3 Å². The standard InChI is InChI=1S/C19H23N3O4/c1-7-21-19(26-6)15(10-20-21)18(23)14-8-9-16(22(24)25)17(13(14)5)12(4)11(2)3/h8-10H,7H2,1-6H3. The van der Waals surface area contributed by atoms with Crippen molar-refractivity contribution < 1.29 is 14.5 Å². The van der Waals surface area contributed by atoms with Crippen LogP contribution in [0.4, 0.5) is 5.69 Å². The Kier molecular flexibility index (Phi) is 5.59. The molecule has 0 bridgehead atoms. The van der Waals surface area contributed by atoms with Crippen LogP contribution in [0.15, 0.2) is 23.9 Å². The zero-order valence-electron chi connectivity index (χ0n) is 15.9. The monoisotopic (exact) mass is 357 g/mol. The predicted molar refractivity (Wildman–Crippen MR) is 99.7 cm³/mol. The zero-order chi connectivity index (χ0) is 19.6. The van der Waals surface area contributed by atoms with Gasteiger partial charge in [0.15, 0.2) is 5.78 Å². The number of benzene rings is 1. The molecule has 0 aliphatic heterocycles. The maximum Gasteiger partial charge on any atom is 0.277 e. The number of methoxy groups -OCH3 is 1. The first kappa shape index (κ1) is 19.4. The average molecular weight is 357 g/mol. The Hall–Kier alpha value is -2.96. The Bertz CT molecular complexity index is 906. The Morgan fingerprint density at radius 1 is 1.27 bits per heavy atom. The van der Waals surface area contributed by atoms with E-state index in [1.807, 2.05) is 27.7 Å². The number of nitro benzene ring substituents is 1. The van der Waals surface area contributed by atoms with Crippen LogP contribution in [0.2, 0.25) is 0 Å². The van der Waals surface area contributed by atoms with Gasteiger partial charge in [0.25, 0.3) is 5.69 Å². The summed E-state index contributed by atoms with van der Waals surface area (Å²) in [5.41, 5.74) is 3.55. The minimum atomic E-state index is -0.418. The number of nitrogens with zero attached hydrogens (tertiary/aromatic N) is 3. The third-order valence-electron chi connectivity index (χ3n) is 4.54. The van der Waals surface area contributed by atoms with Gasteiger partial charge in [0.1, 0.15) is 5.56 Å². The maximum atomic E-state index is 13.1. The highest BCUT2D eigenvalue weighted by molar-refractivity contribution is 6.12. The second-order valence-corrected chi connectivity index (χ2v) is 6.23. The highest BCUT2D eigenvalue weighted by Gasteiger charge is 2.26. The number of rotatable bonds is 6. The van der Waals surface area contributed by atoms with Crippen LogP contribution in [0.5, 0.6) is 5.88 Å². The Morgan fingerprint density at radius 3 is 2.42 bits per heavy atom. The second-order valence-electron chi connectivity index (χ2n) is 6.23. The molecule has 0 N–H and O–H groups in total. The van der Waals surface area contributed by atoms with Crippen LogP contribution in [0.3, 0.4) is 0 Å². The first-order valence-electron chi connectivity index (χ1n) is 8.31. The summed E-state index contributed by atoms with van der Waals surface area (Å²) in [5.74, 6) is 0.118. The number of carbonyl (C=O) groups excluding carboxylic acids is 1. The predicted octanol–water partition coefficient (Wildman–Crippen LogP) is 4.17. The van der Waals surface area contributed by atoms with Crippen molar-refractivity contribution in [1.82, 2.24) is 9.78 Å². The number of ketones is 1. The largest absolute Gasteiger partial charge is 0.481 e. The van der Waals surface area contributed by atoms with E-state index in [1.54, 1.807) is 11.6 Å². The lowest BCUT2D eigenvalue weighted by Crippen LogP contribution is -2.09. The lowest BCUT2D eigenvalue weighted by atomic mass is 9.90. The molecule has 0 aliphatic rings. The molecule has 26 heavy (non-hydrogen) atoms. The summed E-state index contributed by atoms with van der Waals surface area (Å²) in [6.45, 7) is 9.81. The topological polar surface area (TPSA) is 87.3 Å². The number of aryl methyl sites for hydroxylation is 1. The minimum Gasteiger partial charge on any atom is -0.481 e. The Labute approximate surface area is 152 Å². The molecule has 7 heteroatoms. The molecule has 0 spiro atoms. The molecule has 0 fully saturated rings. The van der Waals surface area contributed by atoms with Crippen LogP contribution in [0, 0.1) is 17.0 Å². The number of carbonyl (C=O) groups is 1. The SMILES string of the molecule is CCn1ncc(C(=O)c2ccc([N+](=O)[O-])c(C(C)=C(C)C)c2C)c1OC. The molecule has 0 radical (unpaired) electrons. The number of ether oxygens (including phenoxy) is 1. The summed E-state index contributed by atoms with van der Waals surface area (Å²) in [4.78, 5) is 24.1. The van der Waals surface area contributed by atoms with Crippen molar-refractivity contribution in [2.75, 3.05) is 7.11 Å². The van der Waals surface area contributed by atoms with Gasteiger partial charge < -0.3 is 4.74 Å². The molecule has 1 aromatic carbocycles. The van der Waals surface area contributed by atoms with Gasteiger partial charge in [0.2, 0.25) is 5.88 Å². The molecule has 0 unspecified atom stereocenters. The zero-order valence-corrected chi connectivity index (χ0v) is 15.9. The fourth-order valence-corrected chi connectivity index (χ4v) is 2.93. The highest BCUT2D eigenvalue weighted by atomic mass is 16.6. The van der Waals surface area contributed by atoms with E-state index >= 15 is 0 Å². The molecule has 0 amide bonds. The summed E-state index contributed by atoms with van der Waals surface area (Å²) in [6.07, 6.45) is 1.47. The highest BCUT2D eigenvalue weighted by Crippen LogP contribution is 2.34. The molecular weight excluding hydrogens is 334 g/mol. The third-order valence-corrected chi connectivity index (χ3v) is 4.54. The van der Waals surface area contributed by atoms with Gasteiger partial charge in [0.05, 0.1) is 23.8 Å². The lowest BCUT2D eigenvalue weighted by Gasteiger charge is -2.13.